The number of nitrogens with one attached hydrogen (secondary N) is 1. The Morgan fingerprint density at radius 3 is 2.55 bits per heavy atom. The van der Waals surface area contributed by atoms with E-state index in [0.29, 0.717) is 21.3 Å². The second-order valence-corrected chi connectivity index (χ2v) is 5.07. The van der Waals surface area contributed by atoms with E-state index in [1.165, 1.54) is 36.4 Å². The molecule has 0 saturated carbocycles. The van der Waals surface area contributed by atoms with E-state index in [1.807, 2.05) is 0 Å². The Morgan fingerprint density at radius 2 is 1.85 bits per heavy atom. The van der Waals surface area contributed by atoms with E-state index in [2.05, 4.69) is 5.32 Å². The average Bonchev–Trinajstić information content (AvgIpc) is 2.42. The maximum Gasteiger partial charge on any atom is 0.128 e. The van der Waals surface area contributed by atoms with Gasteiger partial charge in [0.2, 0.25) is 0 Å². The summed E-state index contributed by atoms with van der Waals surface area (Å²) in [5.41, 5.74) is 6.31. The van der Waals surface area contributed by atoms with E-state index < -0.39 is 17.7 Å². The minimum atomic E-state index is -0.562. The van der Waals surface area contributed by atoms with Gasteiger partial charge in [0.25, 0.3) is 0 Å². The molecule has 0 heterocycles. The molecule has 2 nitrogen and oxygen atoms in total. The van der Waals surface area contributed by atoms with Crippen molar-refractivity contribution in [1.82, 2.24) is 0 Å². The molecule has 0 amide bonds. The Bertz CT molecular complexity index is 620. The van der Waals surface area contributed by atoms with Crippen molar-refractivity contribution in [3.05, 3.63) is 63.6 Å². The third-order valence-corrected chi connectivity index (χ3v) is 3.39. The highest BCUT2D eigenvalue weighted by Gasteiger charge is 2.16. The minimum absolute atomic E-state index is 0.101. The fourth-order valence-electron chi connectivity index (χ4n) is 1.84. The van der Waals surface area contributed by atoms with Crippen molar-refractivity contribution in [3.63, 3.8) is 0 Å². The molecular formula is C14H12Cl2F2N2. The third kappa shape index (κ3) is 3.39. The van der Waals surface area contributed by atoms with Gasteiger partial charge in [0, 0.05) is 17.1 Å². The molecule has 6 heteroatoms. The van der Waals surface area contributed by atoms with Gasteiger partial charge in [-0.25, -0.2) is 8.78 Å². The molecule has 0 radical (unpaired) electrons. The fraction of sp³-hybridized carbons (Fsp3) is 0.143. The van der Waals surface area contributed by atoms with Crippen molar-refractivity contribution in [1.29, 1.82) is 0 Å². The first-order valence-corrected chi connectivity index (χ1v) is 6.63. The summed E-state index contributed by atoms with van der Waals surface area (Å²) in [4.78, 5) is 0. The van der Waals surface area contributed by atoms with Gasteiger partial charge < -0.3 is 11.1 Å². The van der Waals surface area contributed by atoms with Gasteiger partial charge in [0.15, 0.2) is 0 Å². The van der Waals surface area contributed by atoms with E-state index in [1.54, 1.807) is 0 Å². The second kappa shape index (κ2) is 6.39. The van der Waals surface area contributed by atoms with E-state index >= 15 is 0 Å². The van der Waals surface area contributed by atoms with E-state index in [9.17, 15) is 8.78 Å². The topological polar surface area (TPSA) is 38.0 Å². The predicted molar refractivity (Wildman–Crippen MR) is 78.2 cm³/mol. The number of hydrogen-bond acceptors (Lipinski definition) is 2. The van der Waals surface area contributed by atoms with E-state index in [0.717, 1.165) is 0 Å². The molecule has 2 aromatic carbocycles. The van der Waals surface area contributed by atoms with Crippen LogP contribution < -0.4 is 11.1 Å². The lowest BCUT2D eigenvalue weighted by Gasteiger charge is -2.20. The molecule has 1 atom stereocenters. The maximum absolute atomic E-state index is 13.8. The maximum atomic E-state index is 13.8. The van der Waals surface area contributed by atoms with Crippen molar-refractivity contribution in [2.45, 2.75) is 6.04 Å². The van der Waals surface area contributed by atoms with Gasteiger partial charge >= 0.3 is 0 Å². The molecule has 0 aliphatic rings. The number of anilines is 1. The van der Waals surface area contributed by atoms with Gasteiger partial charge in [-0.15, -0.1) is 0 Å². The molecule has 0 aliphatic carbocycles. The van der Waals surface area contributed by atoms with Crippen LogP contribution in [0.1, 0.15) is 11.6 Å². The molecule has 106 valence electrons. The lowest BCUT2D eigenvalue weighted by atomic mass is 10.1. The first-order valence-electron chi connectivity index (χ1n) is 5.88. The molecule has 0 spiro atoms. The van der Waals surface area contributed by atoms with E-state index in [-0.39, 0.29) is 6.54 Å². The largest absolute Gasteiger partial charge is 0.376 e. The van der Waals surface area contributed by atoms with E-state index in [4.69, 9.17) is 28.9 Å². The molecule has 1 unspecified atom stereocenters. The molecule has 0 aromatic heterocycles. The highest BCUT2D eigenvalue weighted by molar-refractivity contribution is 6.33. The SMILES string of the molecule is NCC(Nc1cc(F)ccc1Cl)c1cc(Cl)ccc1F. The summed E-state index contributed by atoms with van der Waals surface area (Å²) in [7, 11) is 0. The van der Waals surface area contributed by atoms with Crippen LogP contribution in [0.2, 0.25) is 10.0 Å². The minimum Gasteiger partial charge on any atom is -0.376 e. The number of hydrogen-bond donors (Lipinski definition) is 2. The number of benzene rings is 2. The molecule has 0 bridgehead atoms. The Kier molecular flexibility index (Phi) is 4.81. The van der Waals surface area contributed by atoms with Gasteiger partial charge in [0.05, 0.1) is 16.8 Å². The Morgan fingerprint density at radius 1 is 1.10 bits per heavy atom. The number of halogens is 4. The first-order chi connectivity index (χ1) is 9.51. The average molecular weight is 317 g/mol. The summed E-state index contributed by atoms with van der Waals surface area (Å²) < 4.78 is 27.1. The highest BCUT2D eigenvalue weighted by atomic mass is 35.5. The van der Waals surface area contributed by atoms with Crippen LogP contribution in [0.5, 0.6) is 0 Å². The second-order valence-electron chi connectivity index (χ2n) is 4.22. The molecule has 0 saturated heterocycles. The molecule has 0 aliphatic heterocycles. The molecule has 20 heavy (non-hydrogen) atoms. The van der Waals surface area contributed by atoms with Crippen molar-refractivity contribution < 1.29 is 8.78 Å². The molecule has 0 fully saturated rings. The van der Waals surface area contributed by atoms with Gasteiger partial charge in [-0.3, -0.25) is 0 Å². The standard InChI is InChI=1S/C14H12Cl2F2N2/c15-8-1-4-12(18)10(5-8)14(7-19)20-13-6-9(17)2-3-11(13)16/h1-6,14,20H,7,19H2. The summed E-state index contributed by atoms with van der Waals surface area (Å²) in [6, 6.07) is 7.51. The predicted octanol–water partition coefficient (Wildman–Crippen LogP) is 4.38. The van der Waals surface area contributed by atoms with Crippen LogP contribution in [0.15, 0.2) is 36.4 Å². The summed E-state index contributed by atoms with van der Waals surface area (Å²) >= 11 is 11.8. The van der Waals surface area contributed by atoms with Crippen molar-refractivity contribution in [2.24, 2.45) is 5.73 Å². The number of nitrogens with two attached hydrogens (primary N) is 1. The summed E-state index contributed by atoms with van der Waals surface area (Å²) in [5, 5.41) is 3.65. The molecular weight excluding hydrogens is 305 g/mol. The molecule has 3 N–H and O–H groups in total. The van der Waals surface area contributed by atoms with Crippen LogP contribution >= 0.6 is 23.2 Å². The number of rotatable bonds is 4. The van der Waals surface area contributed by atoms with Crippen LogP contribution in [-0.4, -0.2) is 6.54 Å². The lowest BCUT2D eigenvalue weighted by Crippen LogP contribution is -2.22. The quantitative estimate of drug-likeness (QED) is 0.878. The van der Waals surface area contributed by atoms with Crippen LogP contribution in [0.4, 0.5) is 14.5 Å². The first kappa shape index (κ1) is 15.0. The van der Waals surface area contributed by atoms with Crippen molar-refractivity contribution in [3.8, 4) is 0 Å². The summed E-state index contributed by atoms with van der Waals surface area (Å²) in [5.74, 6) is -0.885. The van der Waals surface area contributed by atoms with Gasteiger partial charge in [-0.05, 0) is 36.4 Å². The Labute approximate surface area is 125 Å². The van der Waals surface area contributed by atoms with Crippen LogP contribution in [0, 0.1) is 11.6 Å². The normalized spacial score (nSPS) is 12.2. The van der Waals surface area contributed by atoms with Crippen molar-refractivity contribution >= 4 is 28.9 Å². The zero-order valence-electron chi connectivity index (χ0n) is 10.3. The monoisotopic (exact) mass is 316 g/mol. The van der Waals surface area contributed by atoms with Gasteiger partial charge in [-0.2, -0.15) is 0 Å². The van der Waals surface area contributed by atoms with Crippen LogP contribution in [0.25, 0.3) is 0 Å². The summed E-state index contributed by atoms with van der Waals surface area (Å²) in [6.07, 6.45) is 0. The smallest absolute Gasteiger partial charge is 0.128 e. The van der Waals surface area contributed by atoms with Crippen molar-refractivity contribution in [2.75, 3.05) is 11.9 Å². The van der Waals surface area contributed by atoms with Crippen LogP contribution in [-0.2, 0) is 0 Å². The Hall–Kier alpha value is -1.36. The zero-order chi connectivity index (χ0) is 14.7. The summed E-state index contributed by atoms with van der Waals surface area (Å²) in [6.45, 7) is 0.101. The Balaban J connectivity index is 2.33. The fourth-order valence-corrected chi connectivity index (χ4v) is 2.19. The third-order valence-electron chi connectivity index (χ3n) is 2.83. The zero-order valence-corrected chi connectivity index (χ0v) is 11.8. The molecule has 2 rings (SSSR count). The highest BCUT2D eigenvalue weighted by Crippen LogP contribution is 2.28. The van der Waals surface area contributed by atoms with Gasteiger partial charge in [-0.1, -0.05) is 23.2 Å². The molecule has 2 aromatic rings. The van der Waals surface area contributed by atoms with Crippen LogP contribution in [0.3, 0.4) is 0 Å². The lowest BCUT2D eigenvalue weighted by molar-refractivity contribution is 0.593. The van der Waals surface area contributed by atoms with Gasteiger partial charge in [0.1, 0.15) is 11.6 Å².